The highest BCUT2D eigenvalue weighted by molar-refractivity contribution is 7.99. The van der Waals surface area contributed by atoms with Crippen molar-refractivity contribution in [1.29, 1.82) is 0 Å². The van der Waals surface area contributed by atoms with E-state index in [1.54, 1.807) is 33.1 Å². The summed E-state index contributed by atoms with van der Waals surface area (Å²) in [5, 5.41) is 0. The van der Waals surface area contributed by atoms with Gasteiger partial charge in [0.25, 0.3) is 0 Å². The van der Waals surface area contributed by atoms with E-state index in [0.29, 0.717) is 0 Å². The fourth-order valence-corrected chi connectivity index (χ4v) is 3.73. The first kappa shape index (κ1) is 13.5. The summed E-state index contributed by atoms with van der Waals surface area (Å²) in [6.45, 7) is 0. The van der Waals surface area contributed by atoms with Crippen LogP contribution in [0.2, 0.25) is 0 Å². The molecule has 0 radical (unpaired) electrons. The van der Waals surface area contributed by atoms with Gasteiger partial charge >= 0.3 is 0 Å². The van der Waals surface area contributed by atoms with Crippen molar-refractivity contribution in [1.82, 2.24) is 0 Å². The average molecular weight is 288 g/mol. The van der Waals surface area contributed by atoms with Crippen LogP contribution in [0.3, 0.4) is 0 Å². The molecule has 0 atom stereocenters. The van der Waals surface area contributed by atoms with Gasteiger partial charge in [-0.25, -0.2) is 0 Å². The maximum Gasteiger partial charge on any atom is 0.224 e. The summed E-state index contributed by atoms with van der Waals surface area (Å²) in [4.78, 5) is 2.27. The molecule has 0 amide bonds. The highest BCUT2D eigenvalue weighted by Gasteiger charge is 2.42. The molecule has 2 aromatic rings. The van der Waals surface area contributed by atoms with Gasteiger partial charge in [0.1, 0.15) is 5.75 Å². The van der Waals surface area contributed by atoms with E-state index in [-0.39, 0.29) is 0 Å². The number of fused-ring (bicyclic) bond motifs is 2. The van der Waals surface area contributed by atoms with Gasteiger partial charge in [0.15, 0.2) is 0 Å². The molecule has 0 aliphatic carbocycles. The zero-order chi connectivity index (χ0) is 14.2. The van der Waals surface area contributed by atoms with Crippen molar-refractivity contribution in [2.75, 3.05) is 21.3 Å². The van der Waals surface area contributed by atoms with E-state index >= 15 is 0 Å². The Morgan fingerprint density at radius 1 is 0.850 bits per heavy atom. The number of hydrogen-bond acceptors (Lipinski definition) is 4. The van der Waals surface area contributed by atoms with Crippen molar-refractivity contribution >= 4 is 11.8 Å². The molecular weight excluding hydrogens is 272 g/mol. The number of rotatable bonds is 3. The van der Waals surface area contributed by atoms with Crippen LogP contribution in [0, 0.1) is 0 Å². The molecule has 0 bridgehead atoms. The quantitative estimate of drug-likeness (QED) is 0.806. The fraction of sp³-hybridized carbons (Fsp3) is 0.250. The van der Waals surface area contributed by atoms with Crippen molar-refractivity contribution in [2.45, 2.75) is 15.6 Å². The minimum atomic E-state index is -0.883. The minimum Gasteiger partial charge on any atom is -0.497 e. The molecule has 1 aliphatic rings. The number of benzene rings is 2. The minimum absolute atomic E-state index is 0.794. The summed E-state index contributed by atoms with van der Waals surface area (Å²) in [5.74, 6) is -0.0895. The Balaban J connectivity index is 2.27. The van der Waals surface area contributed by atoms with Gasteiger partial charge in [-0.1, -0.05) is 30.0 Å². The van der Waals surface area contributed by atoms with Gasteiger partial charge in [-0.2, -0.15) is 0 Å². The van der Waals surface area contributed by atoms with Crippen LogP contribution >= 0.6 is 11.8 Å². The summed E-state index contributed by atoms with van der Waals surface area (Å²) < 4.78 is 16.9. The summed E-state index contributed by atoms with van der Waals surface area (Å²) in [6, 6.07) is 14.1. The highest BCUT2D eigenvalue weighted by Crippen LogP contribution is 2.50. The zero-order valence-electron chi connectivity index (χ0n) is 11.7. The van der Waals surface area contributed by atoms with E-state index < -0.39 is 5.79 Å². The number of methoxy groups -OCH3 is 3. The van der Waals surface area contributed by atoms with Crippen LogP contribution in [-0.4, -0.2) is 21.3 Å². The van der Waals surface area contributed by atoms with Gasteiger partial charge < -0.3 is 14.2 Å². The first-order valence-electron chi connectivity index (χ1n) is 6.31. The van der Waals surface area contributed by atoms with Crippen molar-refractivity contribution in [3.05, 3.63) is 53.6 Å². The molecule has 1 aliphatic heterocycles. The first-order valence-corrected chi connectivity index (χ1v) is 7.13. The predicted molar refractivity (Wildman–Crippen MR) is 78.4 cm³/mol. The Bertz CT molecular complexity index is 635. The molecule has 0 unspecified atom stereocenters. The summed E-state index contributed by atoms with van der Waals surface area (Å²) in [7, 11) is 4.99. The van der Waals surface area contributed by atoms with E-state index in [1.165, 1.54) is 0 Å². The molecule has 1 heterocycles. The molecule has 0 saturated heterocycles. The second-order valence-electron chi connectivity index (χ2n) is 4.49. The molecule has 0 saturated carbocycles. The highest BCUT2D eigenvalue weighted by atomic mass is 32.2. The third kappa shape index (κ3) is 1.84. The zero-order valence-corrected chi connectivity index (χ0v) is 12.5. The predicted octanol–water partition coefficient (Wildman–Crippen LogP) is 3.65. The topological polar surface area (TPSA) is 27.7 Å². The standard InChI is InChI=1S/C16H16O3S/c1-17-11-8-9-15-13(10-11)16(18-2,19-3)12-6-4-5-7-14(12)20-15/h4-10H,1-3H3. The van der Waals surface area contributed by atoms with Crippen LogP contribution in [0.4, 0.5) is 0 Å². The molecule has 0 spiro atoms. The van der Waals surface area contributed by atoms with Crippen molar-refractivity contribution in [3.8, 4) is 5.75 Å². The molecule has 20 heavy (non-hydrogen) atoms. The Morgan fingerprint density at radius 2 is 1.55 bits per heavy atom. The maximum atomic E-state index is 5.79. The van der Waals surface area contributed by atoms with E-state index in [9.17, 15) is 0 Å². The van der Waals surface area contributed by atoms with E-state index in [1.807, 2.05) is 36.4 Å². The fourth-order valence-electron chi connectivity index (χ4n) is 2.60. The Morgan fingerprint density at radius 3 is 2.25 bits per heavy atom. The molecule has 3 nitrogen and oxygen atoms in total. The average Bonchev–Trinajstić information content (AvgIpc) is 2.52. The Kier molecular flexibility index (Phi) is 3.46. The summed E-state index contributed by atoms with van der Waals surface area (Å²) in [6.07, 6.45) is 0. The van der Waals surface area contributed by atoms with Crippen LogP contribution in [0.25, 0.3) is 0 Å². The third-order valence-electron chi connectivity index (χ3n) is 3.58. The molecule has 3 rings (SSSR count). The number of hydrogen-bond donors (Lipinski definition) is 0. The summed E-state index contributed by atoms with van der Waals surface area (Å²) >= 11 is 1.72. The van der Waals surface area contributed by atoms with Crippen LogP contribution in [-0.2, 0) is 15.3 Å². The van der Waals surface area contributed by atoms with Gasteiger partial charge in [0.2, 0.25) is 5.79 Å². The maximum absolute atomic E-state index is 5.79. The second-order valence-corrected chi connectivity index (χ2v) is 5.57. The van der Waals surface area contributed by atoms with E-state index in [4.69, 9.17) is 14.2 Å². The van der Waals surface area contributed by atoms with Crippen LogP contribution < -0.4 is 4.74 Å². The third-order valence-corrected chi connectivity index (χ3v) is 4.73. The molecule has 0 N–H and O–H groups in total. The molecular formula is C16H16O3S. The van der Waals surface area contributed by atoms with Crippen LogP contribution in [0.1, 0.15) is 11.1 Å². The van der Waals surface area contributed by atoms with Gasteiger partial charge in [-0.05, 0) is 24.3 Å². The normalized spacial score (nSPS) is 15.3. The lowest BCUT2D eigenvalue weighted by atomic mass is 9.96. The van der Waals surface area contributed by atoms with Gasteiger partial charge in [0, 0.05) is 35.1 Å². The van der Waals surface area contributed by atoms with Gasteiger partial charge in [-0.3, -0.25) is 0 Å². The smallest absolute Gasteiger partial charge is 0.224 e. The Labute approximate surface area is 122 Å². The van der Waals surface area contributed by atoms with E-state index in [0.717, 1.165) is 26.7 Å². The monoisotopic (exact) mass is 288 g/mol. The molecule has 2 aromatic carbocycles. The van der Waals surface area contributed by atoms with Gasteiger partial charge in [0.05, 0.1) is 7.11 Å². The summed E-state index contributed by atoms with van der Waals surface area (Å²) in [5.41, 5.74) is 2.00. The molecule has 0 fully saturated rings. The largest absolute Gasteiger partial charge is 0.497 e. The van der Waals surface area contributed by atoms with Crippen LogP contribution in [0.15, 0.2) is 52.3 Å². The van der Waals surface area contributed by atoms with Crippen molar-refractivity contribution < 1.29 is 14.2 Å². The lowest BCUT2D eigenvalue weighted by Gasteiger charge is -2.37. The van der Waals surface area contributed by atoms with Crippen molar-refractivity contribution in [2.24, 2.45) is 0 Å². The molecule has 104 valence electrons. The Hall–Kier alpha value is -1.49. The first-order chi connectivity index (χ1) is 9.75. The molecule has 4 heteroatoms. The van der Waals surface area contributed by atoms with Crippen molar-refractivity contribution in [3.63, 3.8) is 0 Å². The van der Waals surface area contributed by atoms with Gasteiger partial charge in [-0.15, -0.1) is 0 Å². The number of ether oxygens (including phenoxy) is 3. The lowest BCUT2D eigenvalue weighted by molar-refractivity contribution is -0.187. The lowest BCUT2D eigenvalue weighted by Crippen LogP contribution is -2.35. The van der Waals surface area contributed by atoms with Crippen LogP contribution in [0.5, 0.6) is 5.75 Å². The molecule has 0 aromatic heterocycles. The van der Waals surface area contributed by atoms with E-state index in [2.05, 4.69) is 6.07 Å². The SMILES string of the molecule is COc1ccc2c(c1)C(OC)(OC)c1ccccc1S2. The second kappa shape index (κ2) is 5.13.